The first kappa shape index (κ1) is 23.8. The summed E-state index contributed by atoms with van der Waals surface area (Å²) in [6.45, 7) is 0. The van der Waals surface area contributed by atoms with Crippen LogP contribution in [-0.4, -0.2) is 11.2 Å². The van der Waals surface area contributed by atoms with E-state index in [0.717, 1.165) is 12.1 Å². The van der Waals surface area contributed by atoms with Crippen molar-refractivity contribution in [3.63, 3.8) is 0 Å². The Morgan fingerprint density at radius 2 is 1.45 bits per heavy atom. The van der Waals surface area contributed by atoms with Crippen LogP contribution in [0.5, 0.6) is 0 Å². The van der Waals surface area contributed by atoms with Crippen molar-refractivity contribution in [1.29, 1.82) is 10.5 Å². The Hall–Kier alpha value is -3.45. The molecule has 0 spiro atoms. The van der Waals surface area contributed by atoms with E-state index in [1.807, 2.05) is 0 Å². The molecule has 0 unspecified atom stereocenters. The van der Waals surface area contributed by atoms with Gasteiger partial charge in [0.05, 0.1) is 33.3 Å². The third-order valence-corrected chi connectivity index (χ3v) is 4.19. The minimum atomic E-state index is -4.81. The summed E-state index contributed by atoms with van der Waals surface area (Å²) < 4.78 is 78.0. The number of hydrogen-bond acceptors (Lipinski definition) is 5. The maximum Gasteiger partial charge on any atom is 0.416 e. The molecule has 0 atom stereocenters. The number of amides is 1. The third kappa shape index (κ3) is 5.58. The zero-order valence-electron chi connectivity index (χ0n) is 15.0. The predicted octanol–water partition coefficient (Wildman–Crippen LogP) is 5.89. The molecule has 2 aromatic carbocycles. The second kappa shape index (κ2) is 9.14. The highest BCUT2D eigenvalue weighted by Crippen LogP contribution is 2.35. The Bertz CT molecular complexity index is 1110. The summed E-state index contributed by atoms with van der Waals surface area (Å²) in [5.41, 5.74) is -4.21. The minimum Gasteiger partial charge on any atom is -0.272 e. The number of hydrogen-bond donors (Lipinski definition) is 0. The maximum absolute atomic E-state index is 13.1. The predicted molar refractivity (Wildman–Crippen MR) is 98.1 cm³/mol. The number of halogens is 7. The van der Waals surface area contributed by atoms with Gasteiger partial charge in [-0.25, -0.2) is 0 Å². The Labute approximate surface area is 179 Å². The van der Waals surface area contributed by atoms with Crippen LogP contribution in [0.25, 0.3) is 0 Å². The lowest BCUT2D eigenvalue weighted by atomic mass is 10.1. The molecule has 6 nitrogen and oxygen atoms in total. The van der Waals surface area contributed by atoms with Gasteiger partial charge in [0.2, 0.25) is 0 Å². The average Bonchev–Trinajstić information content (AvgIpc) is 2.71. The van der Waals surface area contributed by atoms with Crippen LogP contribution in [0.2, 0.25) is 0 Å². The van der Waals surface area contributed by atoms with E-state index in [1.165, 1.54) is 0 Å². The van der Waals surface area contributed by atoms with Crippen LogP contribution in [-0.2, 0) is 17.1 Å². The second-order valence-corrected chi connectivity index (χ2v) is 6.27. The lowest BCUT2D eigenvalue weighted by molar-refractivity contribution is -0.138. The van der Waals surface area contributed by atoms with E-state index in [2.05, 4.69) is 26.3 Å². The van der Waals surface area contributed by atoms with Crippen molar-refractivity contribution in [2.75, 3.05) is 10.3 Å². The number of alkyl halides is 7. The van der Waals surface area contributed by atoms with Crippen LogP contribution in [0.4, 0.5) is 37.7 Å². The molecular weight excluding hydrogens is 496 g/mol. The molecule has 0 bridgehead atoms. The van der Waals surface area contributed by atoms with Crippen LogP contribution in [0.15, 0.2) is 46.7 Å². The molecule has 2 rings (SSSR count). The van der Waals surface area contributed by atoms with Gasteiger partial charge >= 0.3 is 12.4 Å². The highest BCUT2D eigenvalue weighted by molar-refractivity contribution is 9.09. The zero-order valence-corrected chi connectivity index (χ0v) is 16.5. The molecule has 31 heavy (non-hydrogen) atoms. The number of benzene rings is 2. The normalized spacial score (nSPS) is 11.8. The average molecular weight is 504 g/mol. The van der Waals surface area contributed by atoms with Crippen LogP contribution < -0.4 is 5.01 Å². The van der Waals surface area contributed by atoms with Crippen molar-refractivity contribution in [3.8, 4) is 12.1 Å². The minimum absolute atomic E-state index is 0.326. The summed E-state index contributed by atoms with van der Waals surface area (Å²) in [6, 6.07) is 7.08. The fourth-order valence-electron chi connectivity index (χ4n) is 2.24. The van der Waals surface area contributed by atoms with Gasteiger partial charge < -0.3 is 0 Å². The molecule has 0 saturated heterocycles. The standard InChI is InChI=1S/C18H8BrF6N5O/c19-7-16(31)30(15-6-13(18(23,24)25)4-2-11(15)9-27)29-28-14-5-12(17(20,21)22)3-1-10(14)8-26/h1-6H,7H2. The van der Waals surface area contributed by atoms with E-state index < -0.39 is 46.1 Å². The number of anilines is 1. The van der Waals surface area contributed by atoms with Crippen molar-refractivity contribution in [3.05, 3.63) is 58.7 Å². The van der Waals surface area contributed by atoms with Crippen molar-refractivity contribution in [2.45, 2.75) is 12.4 Å². The zero-order chi connectivity index (χ0) is 23.4. The van der Waals surface area contributed by atoms with Gasteiger partial charge in [-0.2, -0.15) is 41.9 Å². The third-order valence-electron chi connectivity index (χ3n) is 3.71. The Morgan fingerprint density at radius 1 is 0.935 bits per heavy atom. The first-order chi connectivity index (χ1) is 14.4. The number of rotatable bonds is 4. The quantitative estimate of drug-likeness (QED) is 0.225. The van der Waals surface area contributed by atoms with E-state index in [0.29, 0.717) is 29.3 Å². The molecule has 0 aromatic heterocycles. The van der Waals surface area contributed by atoms with Gasteiger partial charge in [0.25, 0.3) is 5.91 Å². The lowest BCUT2D eigenvalue weighted by Gasteiger charge is -2.18. The fraction of sp³-hybridized carbons (Fsp3) is 0.167. The smallest absolute Gasteiger partial charge is 0.272 e. The summed E-state index contributed by atoms with van der Waals surface area (Å²) in [5, 5.41) is 25.0. The molecule has 0 saturated carbocycles. The second-order valence-electron chi connectivity index (χ2n) is 5.71. The molecule has 0 heterocycles. The SMILES string of the molecule is N#Cc1ccc(C(F)(F)F)cc1N=NN(C(=O)CBr)c1cc(C(F)(F)F)ccc1C#N. The molecule has 160 valence electrons. The van der Waals surface area contributed by atoms with E-state index in [9.17, 15) is 36.4 Å². The Kier molecular flexibility index (Phi) is 7.02. The molecule has 0 aliphatic carbocycles. The van der Waals surface area contributed by atoms with Crippen LogP contribution >= 0.6 is 15.9 Å². The first-order valence-electron chi connectivity index (χ1n) is 7.95. The molecule has 13 heteroatoms. The highest BCUT2D eigenvalue weighted by Gasteiger charge is 2.33. The summed E-state index contributed by atoms with van der Waals surface area (Å²) in [4.78, 5) is 12.2. The monoisotopic (exact) mass is 503 g/mol. The van der Waals surface area contributed by atoms with Crippen molar-refractivity contribution in [2.24, 2.45) is 10.3 Å². The van der Waals surface area contributed by atoms with Crippen LogP contribution in [0, 0.1) is 22.7 Å². The van der Waals surface area contributed by atoms with Gasteiger partial charge in [-0.15, -0.1) is 5.11 Å². The van der Waals surface area contributed by atoms with Gasteiger partial charge in [-0.1, -0.05) is 21.2 Å². The van der Waals surface area contributed by atoms with Gasteiger partial charge in [0.15, 0.2) is 0 Å². The fourth-order valence-corrected chi connectivity index (χ4v) is 2.48. The maximum atomic E-state index is 13.1. The molecule has 0 aliphatic heterocycles. The highest BCUT2D eigenvalue weighted by atomic mass is 79.9. The van der Waals surface area contributed by atoms with Crippen LogP contribution in [0.3, 0.4) is 0 Å². The number of nitriles is 2. The summed E-state index contributed by atoms with van der Waals surface area (Å²) in [7, 11) is 0. The Morgan fingerprint density at radius 3 is 1.94 bits per heavy atom. The molecule has 0 aliphatic rings. The Balaban J connectivity index is 2.64. The lowest BCUT2D eigenvalue weighted by Crippen LogP contribution is -2.27. The van der Waals surface area contributed by atoms with E-state index >= 15 is 0 Å². The van der Waals surface area contributed by atoms with Crippen molar-refractivity contribution in [1.82, 2.24) is 0 Å². The van der Waals surface area contributed by atoms with Gasteiger partial charge in [0, 0.05) is 0 Å². The van der Waals surface area contributed by atoms with Gasteiger partial charge in [-0.3, -0.25) is 4.79 Å². The number of carbonyl (C=O) groups is 1. The van der Waals surface area contributed by atoms with Gasteiger partial charge in [-0.05, 0) is 36.4 Å². The summed E-state index contributed by atoms with van der Waals surface area (Å²) >= 11 is 2.81. The number of carbonyl (C=O) groups excluding carboxylic acids is 1. The molecule has 0 N–H and O–H groups in total. The molecule has 1 amide bonds. The van der Waals surface area contributed by atoms with E-state index in [-0.39, 0.29) is 11.1 Å². The van der Waals surface area contributed by atoms with E-state index in [1.54, 1.807) is 12.1 Å². The van der Waals surface area contributed by atoms with Crippen molar-refractivity contribution >= 4 is 33.2 Å². The van der Waals surface area contributed by atoms with Gasteiger partial charge in [0.1, 0.15) is 17.8 Å². The number of nitrogens with zero attached hydrogens (tertiary/aromatic N) is 5. The van der Waals surface area contributed by atoms with Crippen molar-refractivity contribution < 1.29 is 31.1 Å². The topological polar surface area (TPSA) is 92.6 Å². The van der Waals surface area contributed by atoms with Crippen LogP contribution in [0.1, 0.15) is 22.3 Å². The summed E-state index contributed by atoms with van der Waals surface area (Å²) in [6.07, 6.45) is -9.57. The summed E-state index contributed by atoms with van der Waals surface area (Å²) in [5.74, 6) is -0.968. The molecule has 0 radical (unpaired) electrons. The first-order valence-corrected chi connectivity index (χ1v) is 9.07. The molecule has 0 fully saturated rings. The molecular formula is C18H8BrF6N5O. The van der Waals surface area contributed by atoms with E-state index in [4.69, 9.17) is 5.26 Å². The largest absolute Gasteiger partial charge is 0.416 e. The molecule has 2 aromatic rings.